The minimum atomic E-state index is -0.347. The van der Waals surface area contributed by atoms with Crippen LogP contribution < -0.4 is 9.64 Å². The molecule has 0 saturated carbocycles. The molecule has 2 aromatic rings. The van der Waals surface area contributed by atoms with Gasteiger partial charge in [-0.2, -0.15) is 0 Å². The first-order valence-corrected chi connectivity index (χ1v) is 10.1. The molecule has 2 aliphatic rings. The molecule has 0 N–H and O–H groups in total. The molecule has 1 unspecified atom stereocenters. The third kappa shape index (κ3) is 3.20. The Morgan fingerprint density at radius 3 is 2.86 bits per heavy atom. The number of nitrogens with zero attached hydrogens (tertiary/aromatic N) is 3. The molecule has 28 heavy (non-hydrogen) atoms. The van der Waals surface area contributed by atoms with Gasteiger partial charge in [-0.25, -0.2) is 9.78 Å². The Morgan fingerprint density at radius 2 is 2.14 bits per heavy atom. The second-order valence-electron chi connectivity index (χ2n) is 7.02. The molecule has 1 atom stereocenters. The van der Waals surface area contributed by atoms with E-state index in [0.29, 0.717) is 34.7 Å². The molecule has 0 radical (unpaired) electrons. The van der Waals surface area contributed by atoms with Crippen LogP contribution in [0.25, 0.3) is 0 Å². The van der Waals surface area contributed by atoms with Gasteiger partial charge < -0.3 is 19.3 Å². The molecule has 7 nitrogen and oxygen atoms in total. The molecule has 1 fully saturated rings. The van der Waals surface area contributed by atoms with Crippen LogP contribution in [0.2, 0.25) is 5.02 Å². The average molecular weight is 422 g/mol. The van der Waals surface area contributed by atoms with E-state index in [1.807, 2.05) is 12.1 Å². The summed E-state index contributed by atoms with van der Waals surface area (Å²) >= 11 is 7.62. The van der Waals surface area contributed by atoms with E-state index in [0.717, 1.165) is 17.7 Å². The van der Waals surface area contributed by atoms with Crippen LogP contribution in [0.5, 0.6) is 5.06 Å². The van der Waals surface area contributed by atoms with Gasteiger partial charge in [0.25, 0.3) is 0 Å². The minimum absolute atomic E-state index is 0.0334. The van der Waals surface area contributed by atoms with E-state index in [4.69, 9.17) is 21.1 Å². The topological polar surface area (TPSA) is 72.0 Å². The number of likely N-dealkylation sites (tertiary alicyclic amines) is 1. The standard InChI is InChI=1S/C19H20ClN3O4S/c1-26-17-9-21-15(28-17)8-16(24)23-11-19(5-6-22(10-19)18(25)27-2)13-7-12(20)3-4-14(13)23/h3-4,7,9H,5-6,8,10-11H2,1-2H3. The highest BCUT2D eigenvalue weighted by molar-refractivity contribution is 7.13. The molecule has 1 aromatic heterocycles. The van der Waals surface area contributed by atoms with E-state index in [-0.39, 0.29) is 23.8 Å². The van der Waals surface area contributed by atoms with Crippen LogP contribution in [0.3, 0.4) is 0 Å². The molecule has 2 aliphatic heterocycles. The smallest absolute Gasteiger partial charge is 0.409 e. The molecule has 0 aliphatic carbocycles. The summed E-state index contributed by atoms with van der Waals surface area (Å²) in [7, 11) is 2.96. The molecule has 148 valence electrons. The highest BCUT2D eigenvalue weighted by Gasteiger charge is 2.50. The number of hydrogen-bond acceptors (Lipinski definition) is 6. The number of ether oxygens (including phenoxy) is 2. The number of amides is 2. The van der Waals surface area contributed by atoms with Crippen LogP contribution in [0.4, 0.5) is 10.5 Å². The lowest BCUT2D eigenvalue weighted by atomic mass is 9.81. The third-order valence-corrected chi connectivity index (χ3v) is 6.60. The van der Waals surface area contributed by atoms with E-state index in [1.165, 1.54) is 18.4 Å². The summed E-state index contributed by atoms with van der Waals surface area (Å²) in [5, 5.41) is 2.01. The highest BCUT2D eigenvalue weighted by atomic mass is 35.5. The summed E-state index contributed by atoms with van der Waals surface area (Å²) in [6, 6.07) is 5.59. The van der Waals surface area contributed by atoms with Crippen molar-refractivity contribution in [2.75, 3.05) is 38.8 Å². The predicted molar refractivity (Wildman–Crippen MR) is 106 cm³/mol. The fourth-order valence-electron chi connectivity index (χ4n) is 4.06. The predicted octanol–water partition coefficient (Wildman–Crippen LogP) is 3.10. The maximum Gasteiger partial charge on any atom is 0.409 e. The lowest BCUT2D eigenvalue weighted by molar-refractivity contribution is -0.118. The molecule has 9 heteroatoms. The summed E-state index contributed by atoms with van der Waals surface area (Å²) < 4.78 is 10.0. The van der Waals surface area contributed by atoms with Crippen molar-refractivity contribution >= 4 is 40.6 Å². The molecule has 0 bridgehead atoms. The zero-order valence-electron chi connectivity index (χ0n) is 15.6. The number of thiazole rings is 1. The lowest BCUT2D eigenvalue weighted by Crippen LogP contribution is -2.40. The SMILES string of the molecule is COC(=O)N1CCC2(C1)CN(C(=O)Cc1ncc(OC)s1)c1ccc(Cl)cc12. The number of carbonyl (C=O) groups is 2. The Bertz CT molecular complexity index is 934. The molecule has 2 amide bonds. The van der Waals surface area contributed by atoms with Crippen molar-refractivity contribution in [2.45, 2.75) is 18.3 Å². The molecule has 4 rings (SSSR count). The van der Waals surface area contributed by atoms with Crippen molar-refractivity contribution in [2.24, 2.45) is 0 Å². The van der Waals surface area contributed by atoms with E-state index < -0.39 is 0 Å². The zero-order valence-corrected chi connectivity index (χ0v) is 17.2. The summed E-state index contributed by atoms with van der Waals surface area (Å²) in [6.07, 6.45) is 2.23. The van der Waals surface area contributed by atoms with Crippen LogP contribution in [-0.2, 0) is 21.4 Å². The van der Waals surface area contributed by atoms with Gasteiger partial charge >= 0.3 is 6.09 Å². The van der Waals surface area contributed by atoms with Crippen LogP contribution in [-0.4, -0.2) is 55.7 Å². The van der Waals surface area contributed by atoms with Crippen molar-refractivity contribution < 1.29 is 19.1 Å². The third-order valence-electron chi connectivity index (χ3n) is 5.41. The van der Waals surface area contributed by atoms with Crippen molar-refractivity contribution in [3.05, 3.63) is 40.0 Å². The molecule has 1 saturated heterocycles. The van der Waals surface area contributed by atoms with E-state index in [2.05, 4.69) is 4.98 Å². The number of fused-ring (bicyclic) bond motifs is 2. The van der Waals surface area contributed by atoms with Crippen LogP contribution in [0, 0.1) is 0 Å². The van der Waals surface area contributed by atoms with Gasteiger partial charge in [-0.05, 0) is 30.2 Å². The number of aromatic nitrogens is 1. The second-order valence-corrected chi connectivity index (χ2v) is 8.53. The molecule has 1 aromatic carbocycles. The molecular weight excluding hydrogens is 402 g/mol. The highest BCUT2D eigenvalue weighted by Crippen LogP contribution is 2.47. The second kappa shape index (κ2) is 7.25. The first-order chi connectivity index (χ1) is 13.5. The fraction of sp³-hybridized carbons (Fsp3) is 0.421. The Kier molecular flexibility index (Phi) is 4.93. The van der Waals surface area contributed by atoms with Crippen molar-refractivity contribution in [3.63, 3.8) is 0 Å². The number of rotatable bonds is 3. The number of hydrogen-bond donors (Lipinski definition) is 0. The van der Waals surface area contributed by atoms with Crippen molar-refractivity contribution in [1.29, 1.82) is 0 Å². The van der Waals surface area contributed by atoms with Gasteiger partial charge in [-0.1, -0.05) is 22.9 Å². The van der Waals surface area contributed by atoms with Gasteiger partial charge in [0.2, 0.25) is 5.91 Å². The normalized spacial score (nSPS) is 20.5. The summed E-state index contributed by atoms with van der Waals surface area (Å²) in [6.45, 7) is 1.60. The van der Waals surface area contributed by atoms with Gasteiger partial charge in [0.15, 0.2) is 5.06 Å². The average Bonchev–Trinajstić information content (AvgIpc) is 3.40. The summed E-state index contributed by atoms with van der Waals surface area (Å²) in [5.74, 6) is -0.0334. The van der Waals surface area contributed by atoms with E-state index in [9.17, 15) is 9.59 Å². The Morgan fingerprint density at radius 1 is 1.32 bits per heavy atom. The van der Waals surface area contributed by atoms with Gasteiger partial charge in [0.05, 0.1) is 26.8 Å². The summed E-state index contributed by atoms with van der Waals surface area (Å²) in [5.41, 5.74) is 1.53. The van der Waals surface area contributed by atoms with Gasteiger partial charge in [-0.15, -0.1) is 0 Å². The quantitative estimate of drug-likeness (QED) is 0.761. The van der Waals surface area contributed by atoms with Crippen LogP contribution in [0.1, 0.15) is 17.0 Å². The van der Waals surface area contributed by atoms with Gasteiger partial charge in [0, 0.05) is 35.8 Å². The zero-order chi connectivity index (χ0) is 19.9. The van der Waals surface area contributed by atoms with Crippen LogP contribution in [0.15, 0.2) is 24.4 Å². The molecule has 3 heterocycles. The molecule has 1 spiro atoms. The maximum atomic E-state index is 13.1. The van der Waals surface area contributed by atoms with E-state index in [1.54, 1.807) is 29.2 Å². The van der Waals surface area contributed by atoms with Gasteiger partial charge in [-0.3, -0.25) is 4.79 Å². The first kappa shape index (κ1) is 19.0. The monoisotopic (exact) mass is 421 g/mol. The maximum absolute atomic E-state index is 13.1. The number of halogens is 1. The Hall–Kier alpha value is -2.32. The number of methoxy groups -OCH3 is 2. The van der Waals surface area contributed by atoms with E-state index >= 15 is 0 Å². The Balaban J connectivity index is 1.62. The number of carbonyl (C=O) groups excluding carboxylic acids is 2. The Labute approximate surface area is 171 Å². The fourth-order valence-corrected chi connectivity index (χ4v) is 4.96. The first-order valence-electron chi connectivity index (χ1n) is 8.88. The van der Waals surface area contributed by atoms with Crippen molar-refractivity contribution in [1.82, 2.24) is 9.88 Å². The van der Waals surface area contributed by atoms with Crippen molar-refractivity contribution in [3.8, 4) is 5.06 Å². The largest absolute Gasteiger partial charge is 0.486 e. The lowest BCUT2D eigenvalue weighted by Gasteiger charge is -2.25. The summed E-state index contributed by atoms with van der Waals surface area (Å²) in [4.78, 5) is 32.8. The van der Waals surface area contributed by atoms with Crippen LogP contribution >= 0.6 is 22.9 Å². The van der Waals surface area contributed by atoms with Gasteiger partial charge in [0.1, 0.15) is 5.01 Å². The number of anilines is 1. The molecular formula is C19H20ClN3O4S. The minimum Gasteiger partial charge on any atom is -0.486 e. The number of benzene rings is 1.